The lowest BCUT2D eigenvalue weighted by atomic mass is 9.92. The number of benzene rings is 1. The van der Waals surface area contributed by atoms with Gasteiger partial charge in [-0.2, -0.15) is 0 Å². The van der Waals surface area contributed by atoms with E-state index in [4.69, 9.17) is 16.3 Å². The summed E-state index contributed by atoms with van der Waals surface area (Å²) in [6.07, 6.45) is 3.61. The number of nitrogens with one attached hydrogen (secondary N) is 1. The van der Waals surface area contributed by atoms with Crippen molar-refractivity contribution in [3.8, 4) is 0 Å². The Labute approximate surface area is 206 Å². The molecular formula is C25H24ClFN3O3S. The van der Waals surface area contributed by atoms with E-state index in [9.17, 15) is 14.3 Å². The Morgan fingerprint density at radius 1 is 1.38 bits per heavy atom. The Hall–Kier alpha value is -2.39. The van der Waals surface area contributed by atoms with Crippen LogP contribution in [0.1, 0.15) is 55.7 Å². The summed E-state index contributed by atoms with van der Waals surface area (Å²) < 4.78 is 20.9. The number of aromatic nitrogens is 2. The second-order valence-electron chi connectivity index (χ2n) is 8.81. The predicted octanol–water partition coefficient (Wildman–Crippen LogP) is 4.92. The number of hydrogen-bond acceptors (Lipinski definition) is 7. The Kier molecular flexibility index (Phi) is 6.41. The smallest absolute Gasteiger partial charge is 0.208 e. The van der Waals surface area contributed by atoms with Gasteiger partial charge in [-0.05, 0) is 62.3 Å². The fourth-order valence-electron chi connectivity index (χ4n) is 4.75. The van der Waals surface area contributed by atoms with E-state index in [2.05, 4.69) is 22.2 Å². The van der Waals surface area contributed by atoms with Crippen LogP contribution in [0.15, 0.2) is 30.7 Å². The summed E-state index contributed by atoms with van der Waals surface area (Å²) in [5.41, 5.74) is 2.39. The van der Waals surface area contributed by atoms with Crippen LogP contribution < -0.4 is 5.32 Å². The van der Waals surface area contributed by atoms with Gasteiger partial charge in [0.05, 0.1) is 28.2 Å². The minimum Gasteiger partial charge on any atom is -0.393 e. The minimum atomic E-state index is -0.626. The minimum absolute atomic E-state index is 0.0283. The molecule has 2 aromatic heterocycles. The summed E-state index contributed by atoms with van der Waals surface area (Å²) in [4.78, 5) is 23.2. The highest BCUT2D eigenvalue weighted by Crippen LogP contribution is 2.41. The van der Waals surface area contributed by atoms with E-state index >= 15 is 0 Å². The third-order valence-electron chi connectivity index (χ3n) is 6.56. The maximum Gasteiger partial charge on any atom is 0.208 e. The molecule has 9 heteroatoms. The third-order valence-corrected chi connectivity index (χ3v) is 7.92. The number of carbonyl (C=O) groups excluding carboxylic acids is 1. The van der Waals surface area contributed by atoms with E-state index in [0.29, 0.717) is 47.7 Å². The van der Waals surface area contributed by atoms with Gasteiger partial charge in [0, 0.05) is 22.7 Å². The number of aliphatic hydroxyl groups is 1. The number of halogens is 2. The van der Waals surface area contributed by atoms with Gasteiger partial charge in [0.15, 0.2) is 0 Å². The number of hydrogen-bond donors (Lipinski definition) is 2. The van der Waals surface area contributed by atoms with Crippen LogP contribution in [0.4, 0.5) is 10.2 Å². The number of fused-ring (bicyclic) bond motifs is 1. The lowest BCUT2D eigenvalue weighted by molar-refractivity contribution is 0.0668. The standard InChI is InChI=1S/C25H24ClFN3O3S/c1-12-7-15(8-19(12)31)30-25-17(10-28-11-29-25)23(32)20-9-16(13(2)34-20)24-21-14(5-6-33-24)3-4-18(26)22(21)27/h3-4,9-12,15,19,24,31H,1,5-8H2,2H3,(H,28,29,30)/t12-,15-,19+,24-/m1/s1. The lowest BCUT2D eigenvalue weighted by Gasteiger charge is -2.27. The molecule has 2 N–H and O–H groups in total. The van der Waals surface area contributed by atoms with Crippen molar-refractivity contribution >= 4 is 34.5 Å². The zero-order valence-corrected chi connectivity index (χ0v) is 20.1. The zero-order valence-electron chi connectivity index (χ0n) is 18.6. The highest BCUT2D eigenvalue weighted by molar-refractivity contribution is 7.14. The van der Waals surface area contributed by atoms with Crippen molar-refractivity contribution < 1.29 is 19.0 Å². The van der Waals surface area contributed by atoms with Crippen LogP contribution in [-0.4, -0.2) is 39.6 Å². The van der Waals surface area contributed by atoms with Crippen LogP contribution in [-0.2, 0) is 11.2 Å². The van der Waals surface area contributed by atoms with Gasteiger partial charge in [-0.1, -0.05) is 17.7 Å². The molecule has 5 rings (SSSR count). The van der Waals surface area contributed by atoms with Gasteiger partial charge in [0.25, 0.3) is 0 Å². The molecule has 0 bridgehead atoms. The summed E-state index contributed by atoms with van der Waals surface area (Å²) in [7, 11) is 0. The summed E-state index contributed by atoms with van der Waals surface area (Å²) in [6, 6.07) is 5.14. The molecule has 1 aliphatic heterocycles. The molecule has 1 fully saturated rings. The molecule has 0 unspecified atom stereocenters. The zero-order chi connectivity index (χ0) is 24.0. The van der Waals surface area contributed by atoms with E-state index < -0.39 is 18.0 Å². The van der Waals surface area contributed by atoms with Crippen molar-refractivity contribution in [3.05, 3.63) is 80.5 Å². The predicted molar refractivity (Wildman–Crippen MR) is 129 cm³/mol. The van der Waals surface area contributed by atoms with Gasteiger partial charge in [-0.15, -0.1) is 11.3 Å². The number of ether oxygens (including phenoxy) is 1. The maximum atomic E-state index is 15.0. The molecule has 1 aliphatic carbocycles. The molecule has 1 aromatic carbocycles. The van der Waals surface area contributed by atoms with Crippen LogP contribution in [0.5, 0.6) is 0 Å². The number of aryl methyl sites for hydroxylation is 1. The second-order valence-corrected chi connectivity index (χ2v) is 10.5. The quantitative estimate of drug-likeness (QED) is 0.484. The number of rotatable bonds is 5. The third kappa shape index (κ3) is 4.24. The largest absolute Gasteiger partial charge is 0.393 e. The Balaban J connectivity index is 1.45. The normalized spacial score (nSPS) is 24.1. The van der Waals surface area contributed by atoms with Crippen molar-refractivity contribution in [1.29, 1.82) is 0 Å². The Morgan fingerprint density at radius 2 is 2.21 bits per heavy atom. The molecule has 34 heavy (non-hydrogen) atoms. The van der Waals surface area contributed by atoms with Gasteiger partial charge in [0.1, 0.15) is 24.1 Å². The van der Waals surface area contributed by atoms with Gasteiger partial charge in [0.2, 0.25) is 5.78 Å². The van der Waals surface area contributed by atoms with E-state index in [-0.39, 0.29) is 22.8 Å². The molecule has 6 nitrogen and oxygen atoms in total. The fraction of sp³-hybridized carbons (Fsp3) is 0.360. The van der Waals surface area contributed by atoms with E-state index in [1.807, 2.05) is 13.0 Å². The number of nitrogens with zero attached hydrogens (tertiary/aromatic N) is 2. The average Bonchev–Trinajstić information content (AvgIpc) is 3.37. The summed E-state index contributed by atoms with van der Waals surface area (Å²) in [5.74, 6) is -0.341. The first-order valence-electron chi connectivity index (χ1n) is 11.1. The van der Waals surface area contributed by atoms with Crippen LogP contribution in [0.3, 0.4) is 0 Å². The maximum absolute atomic E-state index is 15.0. The van der Waals surface area contributed by atoms with Crippen molar-refractivity contribution in [2.24, 2.45) is 5.92 Å². The highest BCUT2D eigenvalue weighted by Gasteiger charge is 2.32. The molecule has 0 spiro atoms. The molecular weight excluding hydrogens is 477 g/mol. The van der Waals surface area contributed by atoms with Crippen molar-refractivity contribution in [1.82, 2.24) is 9.97 Å². The fourth-order valence-corrected chi connectivity index (χ4v) is 5.92. The van der Waals surface area contributed by atoms with Crippen molar-refractivity contribution in [2.75, 3.05) is 11.9 Å². The van der Waals surface area contributed by atoms with E-state index in [1.165, 1.54) is 23.9 Å². The highest BCUT2D eigenvalue weighted by atomic mass is 35.5. The van der Waals surface area contributed by atoms with Crippen LogP contribution >= 0.6 is 22.9 Å². The van der Waals surface area contributed by atoms with E-state index in [1.54, 1.807) is 12.1 Å². The van der Waals surface area contributed by atoms with Gasteiger partial charge in [-0.3, -0.25) is 4.79 Å². The number of ketones is 1. The molecule has 2 aliphatic rings. The first-order chi connectivity index (χ1) is 16.3. The number of carbonyl (C=O) groups is 1. The SMILES string of the molecule is [CH2][C@@H]1C[C@@H](Nc2ncncc2C(=O)c2cc([C@H]3OCCc4ccc(Cl)c(F)c43)c(C)s2)C[C@@H]1O. The van der Waals surface area contributed by atoms with Gasteiger partial charge >= 0.3 is 0 Å². The van der Waals surface area contributed by atoms with Gasteiger partial charge in [-0.25, -0.2) is 14.4 Å². The average molecular weight is 501 g/mol. The van der Waals surface area contributed by atoms with Crippen LogP contribution in [0.25, 0.3) is 0 Å². The molecule has 3 aromatic rings. The Bertz CT molecular complexity index is 1240. The topological polar surface area (TPSA) is 84.3 Å². The molecule has 1 saturated carbocycles. The second kappa shape index (κ2) is 9.34. The first kappa shape index (κ1) is 23.4. The van der Waals surface area contributed by atoms with Crippen LogP contribution in [0, 0.1) is 25.6 Å². The Morgan fingerprint density at radius 3 is 2.97 bits per heavy atom. The van der Waals surface area contributed by atoms with Crippen LogP contribution in [0.2, 0.25) is 5.02 Å². The molecule has 0 amide bonds. The first-order valence-corrected chi connectivity index (χ1v) is 12.3. The summed E-state index contributed by atoms with van der Waals surface area (Å²) >= 11 is 7.39. The molecule has 1 radical (unpaired) electrons. The number of thiophene rings is 1. The molecule has 0 saturated heterocycles. The molecule has 3 heterocycles. The molecule has 4 atom stereocenters. The van der Waals surface area contributed by atoms with E-state index in [0.717, 1.165) is 16.0 Å². The monoisotopic (exact) mass is 500 g/mol. The summed E-state index contributed by atoms with van der Waals surface area (Å²) in [5, 5.41) is 13.3. The lowest BCUT2D eigenvalue weighted by Crippen LogP contribution is -2.20. The van der Waals surface area contributed by atoms with Gasteiger partial charge < -0.3 is 15.2 Å². The number of anilines is 1. The van der Waals surface area contributed by atoms with Crippen molar-refractivity contribution in [2.45, 2.75) is 44.4 Å². The summed E-state index contributed by atoms with van der Waals surface area (Å²) in [6.45, 7) is 6.32. The molecule has 177 valence electrons. The number of aliphatic hydroxyl groups excluding tert-OH is 1. The van der Waals surface area contributed by atoms with Crippen molar-refractivity contribution in [3.63, 3.8) is 0 Å².